The highest BCUT2D eigenvalue weighted by molar-refractivity contribution is 5.75. The topological polar surface area (TPSA) is 0 Å². The van der Waals surface area contributed by atoms with Crippen molar-refractivity contribution in [2.75, 3.05) is 0 Å². The van der Waals surface area contributed by atoms with E-state index in [9.17, 15) is 0 Å². The summed E-state index contributed by atoms with van der Waals surface area (Å²) in [6.07, 6.45) is 14.3. The first kappa shape index (κ1) is 13.7. The van der Waals surface area contributed by atoms with Crippen LogP contribution in [-0.2, 0) is 0 Å². The molecule has 106 valence electrons. The smallest absolute Gasteiger partial charge is 0.0167 e. The first-order chi connectivity index (χ1) is 9.72. The molecular formula is C20H26. The zero-order valence-electron chi connectivity index (χ0n) is 12.8. The van der Waals surface area contributed by atoms with Crippen LogP contribution in [0.25, 0.3) is 5.57 Å². The third-order valence-electron chi connectivity index (χ3n) is 5.18. The molecule has 1 aromatic rings. The van der Waals surface area contributed by atoms with Crippen LogP contribution in [0.3, 0.4) is 0 Å². The average molecular weight is 266 g/mol. The van der Waals surface area contributed by atoms with Gasteiger partial charge in [-0.2, -0.15) is 0 Å². The molecule has 0 aromatic heterocycles. The van der Waals surface area contributed by atoms with Gasteiger partial charge in [-0.25, -0.2) is 0 Å². The number of benzene rings is 1. The van der Waals surface area contributed by atoms with E-state index in [1.165, 1.54) is 48.8 Å². The predicted molar refractivity (Wildman–Crippen MR) is 87.5 cm³/mol. The van der Waals surface area contributed by atoms with Gasteiger partial charge in [-0.1, -0.05) is 67.8 Å². The van der Waals surface area contributed by atoms with Crippen LogP contribution in [0, 0.1) is 24.7 Å². The molecule has 0 nitrogen and oxygen atoms in total. The zero-order valence-corrected chi connectivity index (χ0v) is 12.8. The van der Waals surface area contributed by atoms with Crippen molar-refractivity contribution in [3.05, 3.63) is 53.6 Å². The molecule has 1 atom stereocenters. The fraction of sp³-hybridized carbons (Fsp3) is 0.500. The molecule has 1 saturated carbocycles. The predicted octanol–water partition coefficient (Wildman–Crippen LogP) is 5.78. The third-order valence-corrected chi connectivity index (χ3v) is 5.18. The van der Waals surface area contributed by atoms with Gasteiger partial charge in [0.05, 0.1) is 0 Å². The van der Waals surface area contributed by atoms with E-state index in [-0.39, 0.29) is 0 Å². The molecular weight excluding hydrogens is 240 g/mol. The first-order valence-corrected chi connectivity index (χ1v) is 8.18. The van der Waals surface area contributed by atoms with Gasteiger partial charge in [0, 0.05) is 0 Å². The molecule has 0 radical (unpaired) electrons. The summed E-state index contributed by atoms with van der Waals surface area (Å²) in [5.74, 6) is 2.67. The van der Waals surface area contributed by atoms with Gasteiger partial charge < -0.3 is 0 Å². The van der Waals surface area contributed by atoms with Gasteiger partial charge in [-0.05, 0) is 55.1 Å². The lowest BCUT2D eigenvalue weighted by molar-refractivity contribution is 0.240. The molecule has 3 rings (SSSR count). The molecule has 0 N–H and O–H groups in total. The quantitative estimate of drug-likeness (QED) is 0.636. The summed E-state index contributed by atoms with van der Waals surface area (Å²) in [4.78, 5) is 0. The molecule has 0 saturated heterocycles. The van der Waals surface area contributed by atoms with Crippen LogP contribution in [0.4, 0.5) is 0 Å². The van der Waals surface area contributed by atoms with Crippen molar-refractivity contribution in [2.45, 2.75) is 46.0 Å². The average Bonchev–Trinajstić information content (AvgIpc) is 2.49. The number of allylic oxidation sites excluding steroid dienone is 4. The lowest BCUT2D eigenvalue weighted by Crippen LogP contribution is -2.20. The number of rotatable bonds is 2. The van der Waals surface area contributed by atoms with Crippen LogP contribution in [0.15, 0.2) is 42.5 Å². The molecule has 2 aliphatic carbocycles. The van der Waals surface area contributed by atoms with Crippen LogP contribution in [-0.4, -0.2) is 0 Å². The van der Waals surface area contributed by atoms with E-state index in [1.54, 1.807) is 0 Å². The van der Waals surface area contributed by atoms with Crippen molar-refractivity contribution in [3.63, 3.8) is 0 Å². The second-order valence-corrected chi connectivity index (χ2v) is 6.80. The molecule has 2 aliphatic rings. The normalized spacial score (nSPS) is 30.1. The Morgan fingerprint density at radius 3 is 2.25 bits per heavy atom. The summed E-state index contributed by atoms with van der Waals surface area (Å²) >= 11 is 0. The third kappa shape index (κ3) is 3.06. The number of hydrogen-bond donors (Lipinski definition) is 0. The van der Waals surface area contributed by atoms with Gasteiger partial charge in [0.15, 0.2) is 0 Å². The standard InChI is InChI=1S/C20H26/c1-15-3-7-17(8-4-15)19-11-13-20(14-12-19)18-9-5-16(2)6-10-18/h3-4,7-8,11-13,16,18,20H,5-6,9-10,14H2,1-2H3/t16-,18-,20?. The fourth-order valence-electron chi connectivity index (χ4n) is 3.66. The van der Waals surface area contributed by atoms with E-state index >= 15 is 0 Å². The van der Waals surface area contributed by atoms with Crippen molar-refractivity contribution >= 4 is 5.57 Å². The lowest BCUT2D eigenvalue weighted by atomic mass is 9.74. The maximum absolute atomic E-state index is 2.48. The minimum Gasteiger partial charge on any atom is -0.0802 e. The Balaban J connectivity index is 1.64. The van der Waals surface area contributed by atoms with Gasteiger partial charge >= 0.3 is 0 Å². The van der Waals surface area contributed by atoms with E-state index in [4.69, 9.17) is 0 Å². The van der Waals surface area contributed by atoms with E-state index < -0.39 is 0 Å². The van der Waals surface area contributed by atoms with Crippen molar-refractivity contribution in [1.29, 1.82) is 0 Å². The Morgan fingerprint density at radius 2 is 1.65 bits per heavy atom. The summed E-state index contributed by atoms with van der Waals surface area (Å²) < 4.78 is 0. The Bertz CT molecular complexity index is 495. The minimum absolute atomic E-state index is 0.789. The molecule has 0 bridgehead atoms. The monoisotopic (exact) mass is 266 g/mol. The van der Waals surface area contributed by atoms with E-state index in [2.05, 4.69) is 56.3 Å². The zero-order chi connectivity index (χ0) is 13.9. The number of hydrogen-bond acceptors (Lipinski definition) is 0. The summed E-state index contributed by atoms with van der Waals surface area (Å²) in [6.45, 7) is 4.55. The molecule has 0 aliphatic heterocycles. The van der Waals surface area contributed by atoms with Crippen LogP contribution in [0.1, 0.15) is 50.2 Å². The second kappa shape index (κ2) is 5.99. The van der Waals surface area contributed by atoms with Gasteiger partial charge in [0.25, 0.3) is 0 Å². The Labute approximate surface area is 123 Å². The second-order valence-electron chi connectivity index (χ2n) is 6.80. The molecule has 1 aromatic carbocycles. The lowest BCUT2D eigenvalue weighted by Gasteiger charge is -2.32. The summed E-state index contributed by atoms with van der Waals surface area (Å²) in [5.41, 5.74) is 4.11. The largest absolute Gasteiger partial charge is 0.0802 e. The minimum atomic E-state index is 0.789. The Morgan fingerprint density at radius 1 is 0.950 bits per heavy atom. The molecule has 0 heteroatoms. The SMILES string of the molecule is Cc1ccc(C2=CCC([C@H]3CC[C@H](C)CC3)C=C2)cc1. The van der Waals surface area contributed by atoms with Gasteiger partial charge in [0.1, 0.15) is 0 Å². The highest BCUT2D eigenvalue weighted by atomic mass is 14.3. The highest BCUT2D eigenvalue weighted by Crippen LogP contribution is 2.38. The molecule has 20 heavy (non-hydrogen) atoms. The van der Waals surface area contributed by atoms with E-state index in [0.717, 1.165) is 17.8 Å². The summed E-state index contributed by atoms with van der Waals surface area (Å²) in [7, 11) is 0. The van der Waals surface area contributed by atoms with Crippen LogP contribution in [0.5, 0.6) is 0 Å². The van der Waals surface area contributed by atoms with Gasteiger partial charge in [0.2, 0.25) is 0 Å². The van der Waals surface area contributed by atoms with Crippen molar-refractivity contribution in [3.8, 4) is 0 Å². The van der Waals surface area contributed by atoms with Crippen molar-refractivity contribution in [1.82, 2.24) is 0 Å². The van der Waals surface area contributed by atoms with Crippen molar-refractivity contribution in [2.24, 2.45) is 17.8 Å². The van der Waals surface area contributed by atoms with Gasteiger partial charge in [-0.3, -0.25) is 0 Å². The summed E-state index contributed by atoms with van der Waals surface area (Å²) in [5, 5.41) is 0. The first-order valence-electron chi connectivity index (χ1n) is 8.18. The Kier molecular flexibility index (Phi) is 4.10. The molecule has 1 fully saturated rings. The summed E-state index contributed by atoms with van der Waals surface area (Å²) in [6, 6.07) is 8.90. The maximum Gasteiger partial charge on any atom is -0.0167 e. The van der Waals surface area contributed by atoms with Crippen molar-refractivity contribution < 1.29 is 0 Å². The molecule has 0 amide bonds. The highest BCUT2D eigenvalue weighted by Gasteiger charge is 2.25. The fourth-order valence-corrected chi connectivity index (χ4v) is 3.66. The molecule has 0 spiro atoms. The number of aryl methyl sites for hydroxylation is 1. The molecule has 0 heterocycles. The van der Waals surface area contributed by atoms with E-state index in [1.807, 2.05) is 0 Å². The van der Waals surface area contributed by atoms with E-state index in [0.29, 0.717) is 0 Å². The van der Waals surface area contributed by atoms with Crippen LogP contribution in [0.2, 0.25) is 0 Å². The Hall–Kier alpha value is -1.30. The van der Waals surface area contributed by atoms with Crippen LogP contribution < -0.4 is 0 Å². The maximum atomic E-state index is 2.48. The van der Waals surface area contributed by atoms with Gasteiger partial charge in [-0.15, -0.1) is 0 Å². The van der Waals surface area contributed by atoms with Crippen LogP contribution >= 0.6 is 0 Å². The molecule has 1 unspecified atom stereocenters.